The van der Waals surface area contributed by atoms with E-state index >= 15 is 0 Å². The fourth-order valence-electron chi connectivity index (χ4n) is 0.885. The van der Waals surface area contributed by atoms with E-state index in [0.717, 1.165) is 0 Å². The molecular weight excluding hydrogens is 144 g/mol. The van der Waals surface area contributed by atoms with Crippen LogP contribution in [0.1, 0.15) is 7.43 Å². The molecule has 1 aromatic rings. The SMILES string of the molecule is C.Oc1ccc2c(c1)OCO2. The Hall–Kier alpha value is -1.38. The average Bonchev–Trinajstić information content (AvgIpc) is 2.33. The van der Waals surface area contributed by atoms with Gasteiger partial charge in [0.15, 0.2) is 11.5 Å². The summed E-state index contributed by atoms with van der Waals surface area (Å²) in [5.41, 5.74) is 0. The molecule has 1 N–H and O–H groups in total. The molecule has 0 bridgehead atoms. The monoisotopic (exact) mass is 154 g/mol. The van der Waals surface area contributed by atoms with E-state index < -0.39 is 0 Å². The van der Waals surface area contributed by atoms with Gasteiger partial charge in [0.2, 0.25) is 6.79 Å². The van der Waals surface area contributed by atoms with Gasteiger partial charge < -0.3 is 14.6 Å². The summed E-state index contributed by atoms with van der Waals surface area (Å²) in [7, 11) is 0. The zero-order valence-corrected chi connectivity index (χ0v) is 5.20. The van der Waals surface area contributed by atoms with Gasteiger partial charge in [-0.3, -0.25) is 0 Å². The molecule has 0 saturated carbocycles. The number of benzene rings is 1. The third-order valence-corrected chi connectivity index (χ3v) is 1.36. The van der Waals surface area contributed by atoms with Gasteiger partial charge in [0.1, 0.15) is 5.75 Å². The zero-order chi connectivity index (χ0) is 6.97. The lowest BCUT2D eigenvalue weighted by atomic mass is 10.3. The van der Waals surface area contributed by atoms with Gasteiger partial charge in [0, 0.05) is 6.07 Å². The molecule has 0 radical (unpaired) electrons. The predicted octanol–water partition coefficient (Wildman–Crippen LogP) is 1.76. The molecule has 1 aliphatic rings. The first-order valence-corrected chi connectivity index (χ1v) is 2.95. The van der Waals surface area contributed by atoms with Crippen LogP contribution in [0.2, 0.25) is 0 Å². The molecule has 2 rings (SSSR count). The second-order valence-corrected chi connectivity index (χ2v) is 2.04. The first-order valence-electron chi connectivity index (χ1n) is 2.95. The van der Waals surface area contributed by atoms with Crippen LogP contribution in [0.3, 0.4) is 0 Å². The molecule has 1 heterocycles. The molecule has 0 saturated heterocycles. The highest BCUT2D eigenvalue weighted by molar-refractivity contribution is 5.46. The second kappa shape index (κ2) is 2.70. The number of hydrogen-bond acceptors (Lipinski definition) is 3. The Bertz CT molecular complexity index is 258. The maximum atomic E-state index is 8.96. The maximum Gasteiger partial charge on any atom is 0.231 e. The van der Waals surface area contributed by atoms with Gasteiger partial charge in [-0.15, -0.1) is 0 Å². The van der Waals surface area contributed by atoms with Crippen molar-refractivity contribution >= 4 is 0 Å². The Morgan fingerprint density at radius 3 is 2.73 bits per heavy atom. The van der Waals surface area contributed by atoms with Crippen molar-refractivity contribution in [3.8, 4) is 17.2 Å². The van der Waals surface area contributed by atoms with Gasteiger partial charge in [0.05, 0.1) is 0 Å². The standard InChI is InChI=1S/C7H6O3.CH4/c8-5-1-2-6-7(3-5)10-4-9-6;/h1-3,8H,4H2;1H4. The molecule has 11 heavy (non-hydrogen) atoms. The van der Waals surface area contributed by atoms with Gasteiger partial charge in [-0.1, -0.05) is 7.43 Å². The summed E-state index contributed by atoms with van der Waals surface area (Å²) in [6, 6.07) is 4.77. The topological polar surface area (TPSA) is 38.7 Å². The van der Waals surface area contributed by atoms with Gasteiger partial charge in [-0.05, 0) is 12.1 Å². The summed E-state index contributed by atoms with van der Waals surface area (Å²) in [5.74, 6) is 1.50. The summed E-state index contributed by atoms with van der Waals surface area (Å²) in [5, 5.41) is 8.96. The number of phenolic OH excluding ortho intramolecular Hbond substituents is 1. The number of ether oxygens (including phenoxy) is 2. The lowest BCUT2D eigenvalue weighted by molar-refractivity contribution is 0.174. The fraction of sp³-hybridized carbons (Fsp3) is 0.250. The molecule has 0 aromatic heterocycles. The van der Waals surface area contributed by atoms with Crippen molar-refractivity contribution < 1.29 is 14.6 Å². The summed E-state index contributed by atoms with van der Waals surface area (Å²) < 4.78 is 10.0. The van der Waals surface area contributed by atoms with Crippen LogP contribution in [-0.4, -0.2) is 11.9 Å². The van der Waals surface area contributed by atoms with Crippen LogP contribution < -0.4 is 9.47 Å². The quantitative estimate of drug-likeness (QED) is 0.618. The Morgan fingerprint density at radius 1 is 1.18 bits per heavy atom. The smallest absolute Gasteiger partial charge is 0.231 e. The Balaban J connectivity index is 0.000000605. The molecular formula is C8H10O3. The van der Waals surface area contributed by atoms with Crippen molar-refractivity contribution in [3.05, 3.63) is 18.2 Å². The van der Waals surface area contributed by atoms with Crippen molar-refractivity contribution in [2.24, 2.45) is 0 Å². The average molecular weight is 154 g/mol. The van der Waals surface area contributed by atoms with E-state index in [9.17, 15) is 0 Å². The van der Waals surface area contributed by atoms with Gasteiger partial charge >= 0.3 is 0 Å². The molecule has 0 amide bonds. The number of aromatic hydroxyl groups is 1. The first-order chi connectivity index (χ1) is 4.86. The van der Waals surface area contributed by atoms with E-state index in [0.29, 0.717) is 11.5 Å². The highest BCUT2D eigenvalue weighted by atomic mass is 16.7. The summed E-state index contributed by atoms with van der Waals surface area (Å²) in [6.45, 7) is 0.249. The normalized spacial score (nSPS) is 12.4. The molecule has 3 heteroatoms. The van der Waals surface area contributed by atoms with Crippen LogP contribution in [-0.2, 0) is 0 Å². The number of hydrogen-bond donors (Lipinski definition) is 1. The van der Waals surface area contributed by atoms with E-state index in [1.165, 1.54) is 6.07 Å². The Kier molecular flexibility index (Phi) is 1.89. The first kappa shape index (κ1) is 7.72. The van der Waals surface area contributed by atoms with Crippen molar-refractivity contribution in [3.63, 3.8) is 0 Å². The third-order valence-electron chi connectivity index (χ3n) is 1.36. The third kappa shape index (κ3) is 1.22. The molecule has 60 valence electrons. The molecule has 0 fully saturated rings. The number of rotatable bonds is 0. The van der Waals surface area contributed by atoms with E-state index in [1.807, 2.05) is 0 Å². The van der Waals surface area contributed by atoms with E-state index in [1.54, 1.807) is 12.1 Å². The lowest BCUT2D eigenvalue weighted by Gasteiger charge is -1.93. The molecule has 0 unspecified atom stereocenters. The minimum atomic E-state index is 0. The molecule has 1 aromatic carbocycles. The van der Waals surface area contributed by atoms with E-state index in [4.69, 9.17) is 14.6 Å². The number of fused-ring (bicyclic) bond motifs is 1. The van der Waals surface area contributed by atoms with Crippen LogP contribution in [0, 0.1) is 0 Å². The zero-order valence-electron chi connectivity index (χ0n) is 5.20. The molecule has 0 atom stereocenters. The van der Waals surface area contributed by atoms with Crippen LogP contribution in [0.25, 0.3) is 0 Å². The molecule has 1 aliphatic heterocycles. The minimum Gasteiger partial charge on any atom is -0.508 e. The van der Waals surface area contributed by atoms with Crippen molar-refractivity contribution in [1.29, 1.82) is 0 Å². The van der Waals surface area contributed by atoms with Crippen LogP contribution in [0.5, 0.6) is 17.2 Å². The summed E-state index contributed by atoms with van der Waals surface area (Å²) >= 11 is 0. The largest absolute Gasteiger partial charge is 0.508 e. The highest BCUT2D eigenvalue weighted by Gasteiger charge is 2.12. The van der Waals surface area contributed by atoms with Gasteiger partial charge in [-0.2, -0.15) is 0 Å². The minimum absolute atomic E-state index is 0. The second-order valence-electron chi connectivity index (χ2n) is 2.04. The maximum absolute atomic E-state index is 8.96. The van der Waals surface area contributed by atoms with Crippen molar-refractivity contribution in [2.75, 3.05) is 6.79 Å². The Morgan fingerprint density at radius 2 is 1.91 bits per heavy atom. The van der Waals surface area contributed by atoms with Crippen LogP contribution >= 0.6 is 0 Å². The van der Waals surface area contributed by atoms with E-state index in [-0.39, 0.29) is 20.0 Å². The van der Waals surface area contributed by atoms with Crippen LogP contribution in [0.4, 0.5) is 0 Å². The van der Waals surface area contributed by atoms with Gasteiger partial charge in [0.25, 0.3) is 0 Å². The predicted molar refractivity (Wildman–Crippen MR) is 41.0 cm³/mol. The van der Waals surface area contributed by atoms with Crippen molar-refractivity contribution in [1.82, 2.24) is 0 Å². The lowest BCUT2D eigenvalue weighted by Crippen LogP contribution is -1.92. The van der Waals surface area contributed by atoms with Crippen molar-refractivity contribution in [2.45, 2.75) is 7.43 Å². The van der Waals surface area contributed by atoms with Crippen LogP contribution in [0.15, 0.2) is 18.2 Å². The fourth-order valence-corrected chi connectivity index (χ4v) is 0.885. The van der Waals surface area contributed by atoms with E-state index in [2.05, 4.69) is 0 Å². The van der Waals surface area contributed by atoms with Gasteiger partial charge in [-0.25, -0.2) is 0 Å². The molecule has 0 spiro atoms. The molecule has 0 aliphatic carbocycles. The summed E-state index contributed by atoms with van der Waals surface area (Å²) in [4.78, 5) is 0. The highest BCUT2D eigenvalue weighted by Crippen LogP contribution is 2.34. The Labute approximate surface area is 65.2 Å². The number of phenols is 1. The summed E-state index contributed by atoms with van der Waals surface area (Å²) in [6.07, 6.45) is 0. The molecule has 3 nitrogen and oxygen atoms in total.